The van der Waals surface area contributed by atoms with Gasteiger partial charge >= 0.3 is 0 Å². The maximum Gasteiger partial charge on any atom is 0.252 e. The average molecular weight is 300 g/mol. The highest BCUT2D eigenvalue weighted by molar-refractivity contribution is 6.05. The SMILES string of the molecule is CCC(C)NC(=O)c1cc(C2CC2)nc2c1cnn2C(C)C. The molecular weight excluding hydrogens is 276 g/mol. The van der Waals surface area contributed by atoms with Crippen LogP contribution in [0, 0.1) is 0 Å². The van der Waals surface area contributed by atoms with Crippen LogP contribution in [0.1, 0.15) is 75.0 Å². The van der Waals surface area contributed by atoms with Gasteiger partial charge in [0.1, 0.15) is 0 Å². The number of aromatic nitrogens is 3. The van der Waals surface area contributed by atoms with Crippen molar-refractivity contribution in [2.75, 3.05) is 0 Å². The molecule has 2 aromatic rings. The molecular formula is C17H24N4O. The molecule has 1 amide bonds. The smallest absolute Gasteiger partial charge is 0.252 e. The van der Waals surface area contributed by atoms with Crippen LogP contribution in [0.3, 0.4) is 0 Å². The molecule has 3 rings (SSSR count). The lowest BCUT2D eigenvalue weighted by Gasteiger charge is -2.13. The summed E-state index contributed by atoms with van der Waals surface area (Å²) < 4.78 is 1.90. The molecule has 1 atom stereocenters. The fourth-order valence-corrected chi connectivity index (χ4v) is 2.60. The van der Waals surface area contributed by atoms with Crippen molar-refractivity contribution in [1.29, 1.82) is 0 Å². The first-order valence-electron chi connectivity index (χ1n) is 8.20. The summed E-state index contributed by atoms with van der Waals surface area (Å²) in [4.78, 5) is 17.4. The van der Waals surface area contributed by atoms with Crippen molar-refractivity contribution >= 4 is 16.9 Å². The molecule has 1 saturated carbocycles. The summed E-state index contributed by atoms with van der Waals surface area (Å²) in [5.41, 5.74) is 2.57. The number of nitrogens with one attached hydrogen (secondary N) is 1. The molecule has 2 heterocycles. The van der Waals surface area contributed by atoms with Crippen LogP contribution < -0.4 is 5.32 Å². The predicted molar refractivity (Wildman–Crippen MR) is 87.1 cm³/mol. The fraction of sp³-hybridized carbons (Fsp3) is 0.588. The number of hydrogen-bond acceptors (Lipinski definition) is 3. The van der Waals surface area contributed by atoms with Gasteiger partial charge in [-0.3, -0.25) is 4.79 Å². The van der Waals surface area contributed by atoms with Gasteiger partial charge in [-0.2, -0.15) is 5.10 Å². The minimum absolute atomic E-state index is 0.0213. The molecule has 1 aliphatic rings. The maximum absolute atomic E-state index is 12.6. The van der Waals surface area contributed by atoms with Gasteiger partial charge in [0.25, 0.3) is 5.91 Å². The first-order chi connectivity index (χ1) is 10.5. The summed E-state index contributed by atoms with van der Waals surface area (Å²) in [5.74, 6) is 0.488. The standard InChI is InChI=1S/C17H24N4O/c1-5-11(4)19-17(22)13-8-15(12-6-7-12)20-16-14(13)9-18-21(16)10(2)3/h8-12H,5-7H2,1-4H3,(H,19,22). The van der Waals surface area contributed by atoms with Crippen molar-refractivity contribution in [3.05, 3.63) is 23.5 Å². The second-order valence-corrected chi connectivity index (χ2v) is 6.57. The lowest BCUT2D eigenvalue weighted by atomic mass is 10.1. The van der Waals surface area contributed by atoms with Crippen molar-refractivity contribution in [3.63, 3.8) is 0 Å². The zero-order chi connectivity index (χ0) is 15.9. The highest BCUT2D eigenvalue weighted by Gasteiger charge is 2.28. The number of pyridine rings is 1. The van der Waals surface area contributed by atoms with E-state index in [4.69, 9.17) is 4.98 Å². The Hall–Kier alpha value is -1.91. The first kappa shape index (κ1) is 15.0. The second-order valence-electron chi connectivity index (χ2n) is 6.57. The van der Waals surface area contributed by atoms with E-state index in [9.17, 15) is 4.79 Å². The predicted octanol–water partition coefficient (Wildman–Crippen LogP) is 3.42. The van der Waals surface area contributed by atoms with Crippen LogP contribution in [-0.2, 0) is 0 Å². The Balaban J connectivity index is 2.09. The van der Waals surface area contributed by atoms with Crippen LogP contribution in [0.2, 0.25) is 0 Å². The van der Waals surface area contributed by atoms with Gasteiger partial charge in [-0.1, -0.05) is 6.92 Å². The number of carbonyl (C=O) groups excluding carboxylic acids is 1. The Morgan fingerprint density at radius 3 is 2.73 bits per heavy atom. The van der Waals surface area contributed by atoms with E-state index >= 15 is 0 Å². The molecule has 22 heavy (non-hydrogen) atoms. The fourth-order valence-electron chi connectivity index (χ4n) is 2.60. The number of hydrogen-bond donors (Lipinski definition) is 1. The minimum atomic E-state index is -0.0213. The Labute approximate surface area is 131 Å². The Bertz CT molecular complexity index is 700. The number of nitrogens with zero attached hydrogens (tertiary/aromatic N) is 3. The van der Waals surface area contributed by atoms with Gasteiger partial charge in [-0.05, 0) is 46.1 Å². The van der Waals surface area contributed by atoms with Crippen LogP contribution in [-0.4, -0.2) is 26.7 Å². The number of amides is 1. The van der Waals surface area contributed by atoms with E-state index in [1.54, 1.807) is 6.20 Å². The topological polar surface area (TPSA) is 59.8 Å². The molecule has 0 aliphatic heterocycles. The summed E-state index contributed by atoms with van der Waals surface area (Å²) in [5, 5.41) is 8.34. The number of rotatable bonds is 5. The third-order valence-corrected chi connectivity index (χ3v) is 4.31. The van der Waals surface area contributed by atoms with E-state index in [0.717, 1.165) is 23.1 Å². The van der Waals surface area contributed by atoms with E-state index in [1.807, 2.05) is 17.7 Å². The molecule has 0 bridgehead atoms. The largest absolute Gasteiger partial charge is 0.350 e. The zero-order valence-electron chi connectivity index (χ0n) is 13.8. The van der Waals surface area contributed by atoms with Crippen LogP contribution in [0.15, 0.2) is 12.3 Å². The van der Waals surface area contributed by atoms with Crippen LogP contribution in [0.5, 0.6) is 0 Å². The Morgan fingerprint density at radius 2 is 2.14 bits per heavy atom. The molecule has 0 aromatic carbocycles. The minimum Gasteiger partial charge on any atom is -0.350 e. The number of fused-ring (bicyclic) bond motifs is 1. The number of carbonyl (C=O) groups is 1. The molecule has 0 radical (unpaired) electrons. The summed E-state index contributed by atoms with van der Waals surface area (Å²) in [6.45, 7) is 8.25. The van der Waals surface area contributed by atoms with Gasteiger partial charge in [0.2, 0.25) is 0 Å². The molecule has 2 aromatic heterocycles. The van der Waals surface area contributed by atoms with Gasteiger partial charge in [-0.25, -0.2) is 9.67 Å². The van der Waals surface area contributed by atoms with E-state index in [1.165, 1.54) is 12.8 Å². The summed E-state index contributed by atoms with van der Waals surface area (Å²) >= 11 is 0. The normalized spacial score (nSPS) is 16.2. The van der Waals surface area contributed by atoms with Gasteiger partial charge in [-0.15, -0.1) is 0 Å². The van der Waals surface area contributed by atoms with Crippen molar-refractivity contribution in [3.8, 4) is 0 Å². The van der Waals surface area contributed by atoms with Crippen molar-refractivity contribution < 1.29 is 4.79 Å². The second kappa shape index (κ2) is 5.71. The van der Waals surface area contributed by atoms with Crippen LogP contribution >= 0.6 is 0 Å². The molecule has 0 saturated heterocycles. The van der Waals surface area contributed by atoms with E-state index < -0.39 is 0 Å². The molecule has 118 valence electrons. The Morgan fingerprint density at radius 1 is 1.41 bits per heavy atom. The summed E-state index contributed by atoms with van der Waals surface area (Å²) in [6.07, 6.45) is 5.02. The highest BCUT2D eigenvalue weighted by Crippen LogP contribution is 2.40. The molecule has 0 spiro atoms. The van der Waals surface area contributed by atoms with E-state index in [0.29, 0.717) is 11.5 Å². The molecule has 5 heteroatoms. The maximum atomic E-state index is 12.6. The van der Waals surface area contributed by atoms with Gasteiger partial charge < -0.3 is 5.32 Å². The lowest BCUT2D eigenvalue weighted by Crippen LogP contribution is -2.32. The summed E-state index contributed by atoms with van der Waals surface area (Å²) in [7, 11) is 0. The highest BCUT2D eigenvalue weighted by atomic mass is 16.1. The monoisotopic (exact) mass is 300 g/mol. The van der Waals surface area contributed by atoms with Gasteiger partial charge in [0.15, 0.2) is 5.65 Å². The van der Waals surface area contributed by atoms with Crippen molar-refractivity contribution in [2.24, 2.45) is 0 Å². The van der Waals surface area contributed by atoms with Gasteiger partial charge in [0.05, 0.1) is 17.1 Å². The summed E-state index contributed by atoms with van der Waals surface area (Å²) in [6, 6.07) is 2.36. The molecule has 1 N–H and O–H groups in total. The van der Waals surface area contributed by atoms with Crippen LogP contribution in [0.25, 0.3) is 11.0 Å². The van der Waals surface area contributed by atoms with Crippen LogP contribution in [0.4, 0.5) is 0 Å². The lowest BCUT2D eigenvalue weighted by molar-refractivity contribution is 0.0941. The third kappa shape index (κ3) is 2.72. The van der Waals surface area contributed by atoms with Gasteiger partial charge in [0, 0.05) is 23.7 Å². The third-order valence-electron chi connectivity index (χ3n) is 4.31. The van der Waals surface area contributed by atoms with Crippen molar-refractivity contribution in [2.45, 2.75) is 65.0 Å². The quantitative estimate of drug-likeness (QED) is 0.920. The van der Waals surface area contributed by atoms with E-state index in [-0.39, 0.29) is 18.0 Å². The van der Waals surface area contributed by atoms with E-state index in [2.05, 4.69) is 31.2 Å². The first-order valence-corrected chi connectivity index (χ1v) is 8.20. The molecule has 1 unspecified atom stereocenters. The van der Waals surface area contributed by atoms with Crippen molar-refractivity contribution in [1.82, 2.24) is 20.1 Å². The Kier molecular flexibility index (Phi) is 3.89. The molecule has 1 fully saturated rings. The molecule has 1 aliphatic carbocycles. The average Bonchev–Trinajstić information content (AvgIpc) is 3.25. The molecule has 5 nitrogen and oxygen atoms in total. The zero-order valence-corrected chi connectivity index (χ0v) is 13.8.